The highest BCUT2D eigenvalue weighted by atomic mass is 16.3. The van der Waals surface area contributed by atoms with Crippen LogP contribution in [0.25, 0.3) is 11.1 Å². The third-order valence-electron chi connectivity index (χ3n) is 5.24. The molecule has 30 heavy (non-hydrogen) atoms. The first-order valence-electron chi connectivity index (χ1n) is 10.1. The number of rotatable bonds is 6. The van der Waals surface area contributed by atoms with E-state index in [9.17, 15) is 14.7 Å². The Balaban J connectivity index is 1.51. The molecule has 1 fully saturated rings. The predicted octanol–water partition coefficient (Wildman–Crippen LogP) is 4.30. The van der Waals surface area contributed by atoms with Crippen LogP contribution < -0.4 is 10.6 Å². The van der Waals surface area contributed by atoms with Gasteiger partial charge in [-0.1, -0.05) is 30.3 Å². The van der Waals surface area contributed by atoms with Crippen molar-refractivity contribution in [3.05, 3.63) is 89.0 Å². The molecule has 1 aliphatic carbocycles. The Bertz CT molecular complexity index is 1090. The molecule has 0 radical (unpaired) electrons. The van der Waals surface area contributed by atoms with Crippen LogP contribution in [0.5, 0.6) is 0 Å². The molecular formula is C25H24N2O3. The number of hydrogen-bond acceptors (Lipinski definition) is 3. The van der Waals surface area contributed by atoms with Crippen molar-refractivity contribution in [2.75, 3.05) is 5.32 Å². The molecule has 0 saturated heterocycles. The van der Waals surface area contributed by atoms with Crippen LogP contribution in [0.1, 0.15) is 44.7 Å². The van der Waals surface area contributed by atoms with Crippen molar-refractivity contribution in [3.8, 4) is 11.1 Å². The summed E-state index contributed by atoms with van der Waals surface area (Å²) >= 11 is 0. The molecular weight excluding hydrogens is 376 g/mol. The normalized spacial score (nSPS) is 13.0. The van der Waals surface area contributed by atoms with Gasteiger partial charge in [-0.3, -0.25) is 9.59 Å². The molecule has 3 aromatic carbocycles. The molecule has 0 unspecified atom stereocenters. The number of nitrogens with one attached hydrogen (secondary N) is 2. The van der Waals surface area contributed by atoms with Gasteiger partial charge in [-0.2, -0.15) is 0 Å². The molecule has 1 saturated carbocycles. The van der Waals surface area contributed by atoms with Crippen molar-refractivity contribution in [1.29, 1.82) is 0 Å². The quantitative estimate of drug-likeness (QED) is 0.577. The first kappa shape index (κ1) is 19.9. The summed E-state index contributed by atoms with van der Waals surface area (Å²) in [6.07, 6.45) is 2.11. The van der Waals surface area contributed by atoms with Crippen molar-refractivity contribution in [1.82, 2.24) is 5.32 Å². The summed E-state index contributed by atoms with van der Waals surface area (Å²) < 4.78 is 0. The van der Waals surface area contributed by atoms with Crippen LogP contribution in [0, 0.1) is 6.92 Å². The summed E-state index contributed by atoms with van der Waals surface area (Å²) in [7, 11) is 0. The number of aliphatic hydroxyl groups is 1. The van der Waals surface area contributed by atoms with Crippen LogP contribution in [-0.4, -0.2) is 23.0 Å². The molecule has 0 heterocycles. The van der Waals surface area contributed by atoms with Crippen molar-refractivity contribution < 1.29 is 14.7 Å². The minimum absolute atomic E-state index is 0.0418. The second-order valence-electron chi connectivity index (χ2n) is 7.67. The SMILES string of the molecule is Cc1ccc(C(=O)NC2CC2)cc1-c1ccc(C(=O)Nc2cccc(CO)c2)cc1. The van der Waals surface area contributed by atoms with Gasteiger partial charge in [0.15, 0.2) is 0 Å². The second kappa shape index (κ2) is 8.51. The Labute approximate surface area is 175 Å². The number of hydrogen-bond donors (Lipinski definition) is 3. The second-order valence-corrected chi connectivity index (χ2v) is 7.67. The van der Waals surface area contributed by atoms with Gasteiger partial charge < -0.3 is 15.7 Å². The highest BCUT2D eigenvalue weighted by Gasteiger charge is 2.24. The maximum absolute atomic E-state index is 12.6. The van der Waals surface area contributed by atoms with Gasteiger partial charge in [0, 0.05) is 22.9 Å². The molecule has 0 bridgehead atoms. The van der Waals surface area contributed by atoms with Gasteiger partial charge in [0.25, 0.3) is 11.8 Å². The zero-order valence-corrected chi connectivity index (χ0v) is 16.8. The van der Waals surface area contributed by atoms with Crippen molar-refractivity contribution in [2.24, 2.45) is 0 Å². The fourth-order valence-corrected chi connectivity index (χ4v) is 3.32. The van der Waals surface area contributed by atoms with Crippen LogP contribution in [0.2, 0.25) is 0 Å². The van der Waals surface area contributed by atoms with E-state index in [4.69, 9.17) is 0 Å². The van der Waals surface area contributed by atoms with Crippen molar-refractivity contribution in [3.63, 3.8) is 0 Å². The summed E-state index contributed by atoms with van der Waals surface area (Å²) in [5, 5.41) is 15.1. The van der Waals surface area contributed by atoms with Gasteiger partial charge in [0.2, 0.25) is 0 Å². The topological polar surface area (TPSA) is 78.4 Å². The van der Waals surface area contributed by atoms with Gasteiger partial charge in [-0.15, -0.1) is 0 Å². The van der Waals surface area contributed by atoms with E-state index in [1.165, 1.54) is 0 Å². The smallest absolute Gasteiger partial charge is 0.255 e. The third-order valence-corrected chi connectivity index (χ3v) is 5.24. The van der Waals surface area contributed by atoms with Crippen LogP contribution in [0.15, 0.2) is 66.7 Å². The Hall–Kier alpha value is -3.44. The third kappa shape index (κ3) is 4.58. The highest BCUT2D eigenvalue weighted by Crippen LogP contribution is 2.26. The molecule has 0 atom stereocenters. The Kier molecular flexibility index (Phi) is 5.63. The van der Waals surface area contributed by atoms with Crippen molar-refractivity contribution in [2.45, 2.75) is 32.4 Å². The summed E-state index contributed by atoms with van der Waals surface area (Å²) in [6, 6.07) is 20.5. The molecule has 5 nitrogen and oxygen atoms in total. The summed E-state index contributed by atoms with van der Waals surface area (Å²) in [5.41, 5.74) is 5.55. The lowest BCUT2D eigenvalue weighted by Crippen LogP contribution is -2.25. The van der Waals surface area contributed by atoms with Crippen LogP contribution >= 0.6 is 0 Å². The average Bonchev–Trinajstić information content (AvgIpc) is 3.58. The lowest BCUT2D eigenvalue weighted by atomic mass is 9.97. The van der Waals surface area contributed by atoms with E-state index < -0.39 is 0 Å². The summed E-state index contributed by atoms with van der Waals surface area (Å²) in [6.45, 7) is 1.93. The van der Waals surface area contributed by atoms with E-state index in [0.717, 1.165) is 35.1 Å². The zero-order chi connectivity index (χ0) is 21.1. The summed E-state index contributed by atoms with van der Waals surface area (Å²) in [5.74, 6) is -0.259. The van der Waals surface area contributed by atoms with Gasteiger partial charge in [-0.05, 0) is 78.4 Å². The molecule has 0 spiro atoms. The summed E-state index contributed by atoms with van der Waals surface area (Å²) in [4.78, 5) is 24.9. The fourth-order valence-electron chi connectivity index (χ4n) is 3.32. The van der Waals surface area contributed by atoms with Crippen LogP contribution in [-0.2, 0) is 6.61 Å². The molecule has 0 aliphatic heterocycles. The number of aryl methyl sites for hydroxylation is 1. The Morgan fingerprint density at radius 2 is 1.67 bits per heavy atom. The lowest BCUT2D eigenvalue weighted by Gasteiger charge is -2.11. The minimum atomic E-state index is -0.217. The number of benzene rings is 3. The molecule has 0 aromatic heterocycles. The van der Waals surface area contributed by atoms with Crippen LogP contribution in [0.4, 0.5) is 5.69 Å². The van der Waals surface area contributed by atoms with Gasteiger partial charge in [-0.25, -0.2) is 0 Å². The first-order valence-corrected chi connectivity index (χ1v) is 10.1. The monoisotopic (exact) mass is 400 g/mol. The molecule has 2 amide bonds. The molecule has 5 heteroatoms. The van der Waals surface area contributed by atoms with Gasteiger partial charge in [0.05, 0.1) is 6.61 Å². The van der Waals surface area contributed by atoms with E-state index >= 15 is 0 Å². The van der Waals surface area contributed by atoms with E-state index in [0.29, 0.717) is 22.9 Å². The van der Waals surface area contributed by atoms with Gasteiger partial charge in [0.1, 0.15) is 0 Å². The van der Waals surface area contributed by atoms with E-state index in [2.05, 4.69) is 10.6 Å². The average molecular weight is 400 g/mol. The van der Waals surface area contributed by atoms with E-state index in [1.807, 2.05) is 37.3 Å². The van der Waals surface area contributed by atoms with E-state index in [-0.39, 0.29) is 18.4 Å². The Morgan fingerprint density at radius 1 is 0.933 bits per heavy atom. The fraction of sp³-hybridized carbons (Fsp3) is 0.200. The molecule has 1 aliphatic rings. The molecule has 4 rings (SSSR count). The molecule has 152 valence electrons. The number of amides is 2. The molecule has 3 N–H and O–H groups in total. The number of carbonyl (C=O) groups is 2. The first-order chi connectivity index (χ1) is 14.5. The van der Waals surface area contributed by atoms with Crippen molar-refractivity contribution >= 4 is 17.5 Å². The maximum Gasteiger partial charge on any atom is 0.255 e. The zero-order valence-electron chi connectivity index (χ0n) is 16.8. The van der Waals surface area contributed by atoms with E-state index in [1.54, 1.807) is 36.4 Å². The number of aliphatic hydroxyl groups excluding tert-OH is 1. The molecule has 3 aromatic rings. The van der Waals surface area contributed by atoms with Crippen LogP contribution in [0.3, 0.4) is 0 Å². The number of carbonyl (C=O) groups excluding carboxylic acids is 2. The lowest BCUT2D eigenvalue weighted by molar-refractivity contribution is 0.0950. The highest BCUT2D eigenvalue weighted by molar-refractivity contribution is 6.04. The minimum Gasteiger partial charge on any atom is -0.392 e. The number of anilines is 1. The maximum atomic E-state index is 12.6. The predicted molar refractivity (Wildman–Crippen MR) is 117 cm³/mol. The van der Waals surface area contributed by atoms with Gasteiger partial charge >= 0.3 is 0 Å². The Morgan fingerprint density at radius 3 is 2.37 bits per heavy atom. The standard InChI is InChI=1S/C25H24N2O3/c1-16-5-6-20(25(30)26-21-11-12-21)14-23(16)18-7-9-19(10-8-18)24(29)27-22-4-2-3-17(13-22)15-28/h2-10,13-14,21,28H,11-12,15H2,1H3,(H,26,30)(H,27,29). The largest absolute Gasteiger partial charge is 0.392 e.